The SMILES string of the molecule is CC1(C)SC(c2ccncc2)NC1C(=O)O. The van der Waals surface area contributed by atoms with Gasteiger partial charge < -0.3 is 5.11 Å². The number of carboxylic acids is 1. The van der Waals surface area contributed by atoms with Crippen LogP contribution in [-0.2, 0) is 4.79 Å². The Balaban J connectivity index is 2.21. The summed E-state index contributed by atoms with van der Waals surface area (Å²) >= 11 is 1.64. The summed E-state index contributed by atoms with van der Waals surface area (Å²) in [5.41, 5.74) is 1.07. The summed E-state index contributed by atoms with van der Waals surface area (Å²) < 4.78 is -0.306. The zero-order chi connectivity index (χ0) is 11.8. The molecular weight excluding hydrogens is 224 g/mol. The van der Waals surface area contributed by atoms with E-state index in [0.29, 0.717) is 0 Å². The summed E-state index contributed by atoms with van der Waals surface area (Å²) in [7, 11) is 0. The smallest absolute Gasteiger partial charge is 0.322 e. The number of pyridine rings is 1. The minimum absolute atomic E-state index is 0.0269. The number of hydrogen-bond donors (Lipinski definition) is 2. The van der Waals surface area contributed by atoms with Crippen molar-refractivity contribution < 1.29 is 9.90 Å². The van der Waals surface area contributed by atoms with E-state index in [2.05, 4.69) is 10.3 Å². The molecule has 2 atom stereocenters. The number of aromatic nitrogens is 1. The first kappa shape index (κ1) is 11.4. The molecule has 2 unspecified atom stereocenters. The van der Waals surface area contributed by atoms with Crippen LogP contribution in [0.1, 0.15) is 24.8 Å². The minimum atomic E-state index is -0.797. The number of hydrogen-bond acceptors (Lipinski definition) is 4. The first-order chi connectivity index (χ1) is 7.50. The molecule has 0 aromatic carbocycles. The fraction of sp³-hybridized carbons (Fsp3) is 0.455. The monoisotopic (exact) mass is 238 g/mol. The van der Waals surface area contributed by atoms with Crippen molar-refractivity contribution in [1.29, 1.82) is 0 Å². The molecule has 1 aromatic rings. The Morgan fingerprint density at radius 1 is 1.50 bits per heavy atom. The second-order valence-corrected chi connectivity index (χ2v) is 6.08. The van der Waals surface area contributed by atoms with Crippen LogP contribution in [0.5, 0.6) is 0 Å². The Labute approximate surface area is 98.5 Å². The van der Waals surface area contributed by atoms with E-state index in [1.807, 2.05) is 26.0 Å². The van der Waals surface area contributed by atoms with Crippen molar-refractivity contribution in [2.24, 2.45) is 0 Å². The van der Waals surface area contributed by atoms with Gasteiger partial charge in [-0.25, -0.2) is 0 Å². The molecule has 2 rings (SSSR count). The number of carbonyl (C=O) groups is 1. The molecule has 5 heteroatoms. The maximum Gasteiger partial charge on any atom is 0.322 e. The molecule has 0 aliphatic carbocycles. The molecule has 2 N–H and O–H groups in total. The summed E-state index contributed by atoms with van der Waals surface area (Å²) in [5.74, 6) is -0.797. The molecule has 16 heavy (non-hydrogen) atoms. The second-order valence-electron chi connectivity index (χ2n) is 4.32. The molecular formula is C11H14N2O2S. The zero-order valence-electron chi connectivity index (χ0n) is 9.18. The highest BCUT2D eigenvalue weighted by Crippen LogP contribution is 2.45. The third-order valence-electron chi connectivity index (χ3n) is 2.69. The molecule has 4 nitrogen and oxygen atoms in total. The average molecular weight is 238 g/mol. The topological polar surface area (TPSA) is 62.2 Å². The van der Waals surface area contributed by atoms with Crippen LogP contribution in [0, 0.1) is 0 Å². The molecule has 1 aromatic heterocycles. The van der Waals surface area contributed by atoms with Crippen LogP contribution in [0.15, 0.2) is 24.5 Å². The minimum Gasteiger partial charge on any atom is -0.480 e. The van der Waals surface area contributed by atoms with E-state index in [1.54, 1.807) is 24.2 Å². The van der Waals surface area contributed by atoms with Crippen LogP contribution in [0.4, 0.5) is 0 Å². The van der Waals surface area contributed by atoms with Gasteiger partial charge in [0.2, 0.25) is 0 Å². The van der Waals surface area contributed by atoms with Crippen molar-refractivity contribution in [2.75, 3.05) is 0 Å². The van der Waals surface area contributed by atoms with E-state index in [-0.39, 0.29) is 10.1 Å². The van der Waals surface area contributed by atoms with Gasteiger partial charge in [-0.3, -0.25) is 15.1 Å². The number of thioether (sulfide) groups is 1. The van der Waals surface area contributed by atoms with Crippen LogP contribution in [-0.4, -0.2) is 26.8 Å². The molecule has 0 amide bonds. The lowest BCUT2D eigenvalue weighted by Gasteiger charge is -2.20. The summed E-state index contributed by atoms with van der Waals surface area (Å²) in [6, 6.07) is 3.30. The molecule has 1 aliphatic heterocycles. The van der Waals surface area contributed by atoms with Gasteiger partial charge in [-0.2, -0.15) is 0 Å². The van der Waals surface area contributed by atoms with E-state index in [9.17, 15) is 4.79 Å². The van der Waals surface area contributed by atoms with Gasteiger partial charge in [0, 0.05) is 17.1 Å². The summed E-state index contributed by atoms with van der Waals surface area (Å²) in [6.45, 7) is 3.90. The molecule has 2 heterocycles. The third kappa shape index (κ3) is 2.05. The highest BCUT2D eigenvalue weighted by atomic mass is 32.2. The van der Waals surface area contributed by atoms with Crippen LogP contribution >= 0.6 is 11.8 Å². The molecule has 0 bridgehead atoms. The highest BCUT2D eigenvalue weighted by molar-refractivity contribution is 8.01. The standard InChI is InChI=1S/C11H14N2O2S/c1-11(2)8(10(14)15)13-9(16-11)7-3-5-12-6-4-7/h3-6,8-9,13H,1-2H3,(H,14,15). The Bertz CT molecular complexity index is 394. The Hall–Kier alpha value is -1.07. The average Bonchev–Trinajstić information content (AvgIpc) is 2.56. The van der Waals surface area contributed by atoms with E-state index in [1.165, 1.54) is 0 Å². The molecule has 1 saturated heterocycles. The van der Waals surface area contributed by atoms with Gasteiger partial charge in [-0.15, -0.1) is 11.8 Å². The van der Waals surface area contributed by atoms with E-state index in [0.717, 1.165) is 5.56 Å². The van der Waals surface area contributed by atoms with Gasteiger partial charge in [0.05, 0.1) is 5.37 Å². The fourth-order valence-electron chi connectivity index (χ4n) is 1.83. The Morgan fingerprint density at radius 3 is 2.62 bits per heavy atom. The van der Waals surface area contributed by atoms with Gasteiger partial charge in [0.1, 0.15) is 6.04 Å². The van der Waals surface area contributed by atoms with Gasteiger partial charge >= 0.3 is 5.97 Å². The van der Waals surface area contributed by atoms with Crippen molar-refractivity contribution in [3.8, 4) is 0 Å². The van der Waals surface area contributed by atoms with Crippen LogP contribution in [0.2, 0.25) is 0 Å². The number of aliphatic carboxylic acids is 1. The number of carboxylic acid groups (broad SMARTS) is 1. The number of rotatable bonds is 2. The molecule has 0 saturated carbocycles. The summed E-state index contributed by atoms with van der Waals surface area (Å²) in [4.78, 5) is 15.1. The first-order valence-electron chi connectivity index (χ1n) is 5.07. The second kappa shape index (κ2) is 4.07. The first-order valence-corrected chi connectivity index (χ1v) is 5.95. The maximum atomic E-state index is 11.1. The molecule has 0 spiro atoms. The van der Waals surface area contributed by atoms with Crippen LogP contribution in [0.25, 0.3) is 0 Å². The van der Waals surface area contributed by atoms with Crippen molar-refractivity contribution in [2.45, 2.75) is 30.0 Å². The largest absolute Gasteiger partial charge is 0.480 e. The lowest BCUT2D eigenvalue weighted by atomic mass is 10.0. The Morgan fingerprint density at radius 2 is 2.12 bits per heavy atom. The maximum absolute atomic E-state index is 11.1. The fourth-order valence-corrected chi connectivity index (χ4v) is 3.24. The summed E-state index contributed by atoms with van der Waals surface area (Å²) in [6.07, 6.45) is 3.44. The van der Waals surface area contributed by atoms with Crippen molar-refractivity contribution >= 4 is 17.7 Å². The van der Waals surface area contributed by atoms with Gasteiger partial charge in [-0.05, 0) is 31.5 Å². The van der Waals surface area contributed by atoms with Crippen molar-refractivity contribution in [1.82, 2.24) is 10.3 Å². The van der Waals surface area contributed by atoms with Crippen molar-refractivity contribution in [3.63, 3.8) is 0 Å². The summed E-state index contributed by atoms with van der Waals surface area (Å²) in [5, 5.41) is 12.3. The van der Waals surface area contributed by atoms with Crippen LogP contribution in [0.3, 0.4) is 0 Å². The van der Waals surface area contributed by atoms with Gasteiger partial charge in [-0.1, -0.05) is 0 Å². The van der Waals surface area contributed by atoms with Crippen molar-refractivity contribution in [3.05, 3.63) is 30.1 Å². The normalized spacial score (nSPS) is 27.9. The van der Waals surface area contributed by atoms with E-state index in [4.69, 9.17) is 5.11 Å². The highest BCUT2D eigenvalue weighted by Gasteiger charge is 2.45. The number of nitrogens with zero attached hydrogens (tertiary/aromatic N) is 1. The predicted molar refractivity (Wildman–Crippen MR) is 63.2 cm³/mol. The molecule has 1 aliphatic rings. The van der Waals surface area contributed by atoms with E-state index >= 15 is 0 Å². The van der Waals surface area contributed by atoms with Gasteiger partial charge in [0.15, 0.2) is 0 Å². The van der Waals surface area contributed by atoms with E-state index < -0.39 is 12.0 Å². The molecule has 1 fully saturated rings. The Kier molecular flexibility index (Phi) is 2.90. The lowest BCUT2D eigenvalue weighted by molar-refractivity contribution is -0.139. The molecule has 86 valence electrons. The zero-order valence-corrected chi connectivity index (χ0v) is 9.99. The number of nitrogens with one attached hydrogen (secondary N) is 1. The predicted octanol–water partition coefficient (Wildman–Crippen LogP) is 1.65. The third-order valence-corrected chi connectivity index (χ3v) is 4.18. The van der Waals surface area contributed by atoms with Crippen LogP contribution < -0.4 is 5.32 Å². The van der Waals surface area contributed by atoms with Gasteiger partial charge in [0.25, 0.3) is 0 Å². The molecule has 0 radical (unpaired) electrons. The quantitative estimate of drug-likeness (QED) is 0.820. The lowest BCUT2D eigenvalue weighted by Crippen LogP contribution is -2.43.